The first kappa shape index (κ1) is 19.5. The fourth-order valence-electron chi connectivity index (χ4n) is 4.19. The first-order valence-corrected chi connectivity index (χ1v) is 14.0. The van der Waals surface area contributed by atoms with Gasteiger partial charge in [-0.3, -0.25) is 0 Å². The third kappa shape index (κ3) is 5.37. The van der Waals surface area contributed by atoms with E-state index >= 15 is 0 Å². The molecule has 0 amide bonds. The second-order valence-electron chi connectivity index (χ2n) is 7.68. The molecule has 0 aromatic heterocycles. The van der Waals surface area contributed by atoms with E-state index in [0.29, 0.717) is 35.8 Å². The summed E-state index contributed by atoms with van der Waals surface area (Å²) in [6.07, 6.45) is 7.90. The van der Waals surface area contributed by atoms with Gasteiger partial charge in [0.05, 0.1) is 0 Å². The van der Waals surface area contributed by atoms with Crippen LogP contribution < -0.4 is 8.92 Å². The Labute approximate surface area is 176 Å². The minimum absolute atomic E-state index is 0.187. The number of hydrogen-bond donors (Lipinski definition) is 0. The van der Waals surface area contributed by atoms with Crippen LogP contribution in [-0.4, -0.2) is 42.1 Å². The Morgan fingerprint density at radius 3 is 2.26 bits per heavy atom. The van der Waals surface area contributed by atoms with Crippen molar-refractivity contribution in [3.63, 3.8) is 0 Å². The summed E-state index contributed by atoms with van der Waals surface area (Å²) in [5.74, 6) is 0.711. The van der Waals surface area contributed by atoms with Crippen molar-refractivity contribution >= 4 is 38.8 Å². The molecule has 0 N–H and O–H groups in total. The maximum atomic E-state index is 6.54. The Balaban J connectivity index is 1.47. The summed E-state index contributed by atoms with van der Waals surface area (Å²) < 4.78 is 9.53. The monoisotopic (exact) mass is 492 g/mol. The van der Waals surface area contributed by atoms with Crippen LogP contribution in [0.25, 0.3) is 0 Å². The fourth-order valence-corrected chi connectivity index (χ4v) is 8.26. The van der Waals surface area contributed by atoms with E-state index in [1.54, 1.807) is 5.57 Å². The molecule has 2 aliphatic rings. The summed E-state index contributed by atoms with van der Waals surface area (Å²) >= 11 is 0.965. The zero-order chi connectivity index (χ0) is 18.4. The van der Waals surface area contributed by atoms with Crippen molar-refractivity contribution in [3.05, 3.63) is 71.2 Å². The fraction of sp³-hybridized carbons (Fsp3) is 0.417. The van der Waals surface area contributed by atoms with Crippen LogP contribution in [0.15, 0.2) is 71.2 Å². The zero-order valence-corrected chi connectivity index (χ0v) is 19.2. The van der Waals surface area contributed by atoms with Gasteiger partial charge in [0, 0.05) is 0 Å². The Morgan fingerprint density at radius 2 is 1.56 bits per heavy atom. The molecule has 0 bridgehead atoms. The van der Waals surface area contributed by atoms with E-state index in [4.69, 9.17) is 4.74 Å². The van der Waals surface area contributed by atoms with Crippen molar-refractivity contribution in [1.82, 2.24) is 0 Å². The molecule has 27 heavy (non-hydrogen) atoms. The number of hydrogen-bond acceptors (Lipinski definition) is 1. The Kier molecular flexibility index (Phi) is 6.92. The first-order chi connectivity index (χ1) is 13.3. The van der Waals surface area contributed by atoms with Crippen molar-refractivity contribution in [2.45, 2.75) is 49.4 Å². The summed E-state index contributed by atoms with van der Waals surface area (Å²) in [7, 11) is 0. The maximum absolute atomic E-state index is 6.54. The molecule has 1 aliphatic heterocycles. The summed E-state index contributed by atoms with van der Waals surface area (Å²) in [5, 5.41) is 1.32. The molecule has 1 aliphatic carbocycles. The number of ether oxygens (including phenoxy) is 1. The summed E-state index contributed by atoms with van der Waals surface area (Å²) in [6.45, 7) is 0.865. The van der Waals surface area contributed by atoms with Crippen LogP contribution in [0.3, 0.4) is 0 Å². The van der Waals surface area contributed by atoms with E-state index in [-0.39, 0.29) is 5.60 Å². The van der Waals surface area contributed by atoms with Gasteiger partial charge in [-0.05, 0) is 0 Å². The molecule has 1 spiro atoms. The van der Waals surface area contributed by atoms with Crippen molar-refractivity contribution < 1.29 is 4.74 Å². The third-order valence-corrected chi connectivity index (χ3v) is 10.2. The quantitative estimate of drug-likeness (QED) is 0.574. The van der Waals surface area contributed by atoms with E-state index in [1.807, 2.05) is 0 Å². The molecule has 2 aromatic carbocycles. The van der Waals surface area contributed by atoms with Crippen LogP contribution in [0.2, 0.25) is 5.32 Å². The molecule has 4 rings (SSSR count). The first-order valence-electron chi connectivity index (χ1n) is 10.1. The van der Waals surface area contributed by atoms with E-state index in [1.165, 1.54) is 52.8 Å². The molecule has 0 radical (unpaired) electrons. The molecule has 1 nitrogen and oxygen atoms in total. The zero-order valence-electron chi connectivity index (χ0n) is 15.8. The van der Waals surface area contributed by atoms with Gasteiger partial charge in [0.1, 0.15) is 0 Å². The van der Waals surface area contributed by atoms with Crippen LogP contribution in [0.5, 0.6) is 0 Å². The summed E-state index contributed by atoms with van der Waals surface area (Å²) in [6, 6.07) is 22.0. The Hall–Kier alpha value is -0.821. The van der Waals surface area contributed by atoms with E-state index in [0.717, 1.165) is 6.61 Å². The Bertz CT molecular complexity index is 735. The van der Waals surface area contributed by atoms with Crippen molar-refractivity contribution in [2.75, 3.05) is 6.61 Å². The van der Waals surface area contributed by atoms with Gasteiger partial charge in [0.2, 0.25) is 0 Å². The van der Waals surface area contributed by atoms with Crippen LogP contribution in [0.4, 0.5) is 0 Å². The van der Waals surface area contributed by atoms with Gasteiger partial charge in [-0.15, -0.1) is 0 Å². The molecule has 3 heteroatoms. The average molecular weight is 490 g/mol. The second-order valence-corrected chi connectivity index (χ2v) is 12.0. The van der Waals surface area contributed by atoms with Crippen LogP contribution in [0, 0.1) is 5.92 Å². The van der Waals surface area contributed by atoms with Gasteiger partial charge in [-0.1, -0.05) is 0 Å². The van der Waals surface area contributed by atoms with Gasteiger partial charge >= 0.3 is 177 Å². The normalized spacial score (nSPS) is 23.6. The predicted molar refractivity (Wildman–Crippen MR) is 116 cm³/mol. The van der Waals surface area contributed by atoms with Crippen molar-refractivity contribution in [3.8, 4) is 0 Å². The third-order valence-electron chi connectivity index (χ3n) is 5.74. The van der Waals surface area contributed by atoms with Gasteiger partial charge in [0.25, 0.3) is 0 Å². The van der Waals surface area contributed by atoms with Gasteiger partial charge in [0.15, 0.2) is 0 Å². The Morgan fingerprint density at radius 1 is 0.889 bits per heavy atom. The summed E-state index contributed by atoms with van der Waals surface area (Å²) in [5.41, 5.74) is 1.76. The van der Waals surface area contributed by atoms with Gasteiger partial charge in [-0.2, -0.15) is 0 Å². The molecular weight excluding hydrogens is 462 g/mol. The minimum atomic E-state index is 0.187. The molecule has 1 saturated heterocycles. The predicted octanol–water partition coefficient (Wildman–Crippen LogP) is 4.09. The second kappa shape index (κ2) is 9.59. The molecular formula is C24H28OSe2. The van der Waals surface area contributed by atoms with E-state index < -0.39 is 0 Å². The van der Waals surface area contributed by atoms with Crippen molar-refractivity contribution in [1.29, 1.82) is 0 Å². The average Bonchev–Trinajstić information content (AvgIpc) is 2.74. The molecule has 1 atom stereocenters. The standard InChI is InChI=1S/C24H28OSe2/c1-4-10-22(11-5-1)26-18-20-16-24(14-8-3-9-15-24)25-17-21(20)19-27-23-12-6-2-7-13-23/h1-2,4-7,10-13,19-20H,3,8-9,14-18H2/b21-19-. The van der Waals surface area contributed by atoms with Crippen LogP contribution in [-0.2, 0) is 4.74 Å². The van der Waals surface area contributed by atoms with Crippen LogP contribution >= 0.6 is 0 Å². The van der Waals surface area contributed by atoms with E-state index in [9.17, 15) is 0 Å². The molecule has 1 saturated carbocycles. The number of benzene rings is 2. The van der Waals surface area contributed by atoms with Gasteiger partial charge in [-0.25, -0.2) is 0 Å². The topological polar surface area (TPSA) is 9.23 Å². The molecule has 142 valence electrons. The molecule has 1 unspecified atom stereocenters. The SMILES string of the molecule is C(/[Se]c1ccccc1)=C1\COC2(CCCCC2)CC1C[Se]c1ccccc1. The molecule has 2 fully saturated rings. The summed E-state index contributed by atoms with van der Waals surface area (Å²) in [4.78, 5) is 2.53. The van der Waals surface area contributed by atoms with E-state index in [2.05, 4.69) is 65.6 Å². The molecule has 1 heterocycles. The van der Waals surface area contributed by atoms with Gasteiger partial charge < -0.3 is 0 Å². The van der Waals surface area contributed by atoms with Crippen LogP contribution in [0.1, 0.15) is 38.5 Å². The number of rotatable bonds is 5. The van der Waals surface area contributed by atoms with Crippen molar-refractivity contribution in [2.24, 2.45) is 5.92 Å². The molecule has 2 aromatic rings.